The molecule has 1 heterocycles. The number of nitrogens with zero attached hydrogens (tertiary/aromatic N) is 2. The maximum atomic E-state index is 10.9. The Kier molecular flexibility index (Phi) is 4.92. The van der Waals surface area contributed by atoms with E-state index in [0.717, 1.165) is 18.7 Å². The van der Waals surface area contributed by atoms with Crippen LogP contribution in [0.5, 0.6) is 5.75 Å². The maximum Gasteiger partial charge on any atom is 0.270 e. The van der Waals surface area contributed by atoms with E-state index in [9.17, 15) is 10.1 Å². The number of nitrogens with one attached hydrogen (secondary N) is 1. The van der Waals surface area contributed by atoms with Crippen molar-refractivity contribution in [2.24, 2.45) is 0 Å². The van der Waals surface area contributed by atoms with Crippen LogP contribution in [0, 0.1) is 10.1 Å². The van der Waals surface area contributed by atoms with Crippen LogP contribution in [0.15, 0.2) is 18.2 Å². The summed E-state index contributed by atoms with van der Waals surface area (Å²) in [6.07, 6.45) is 2.41. The molecule has 1 N–H and O–H groups in total. The Balaban J connectivity index is 2.05. The molecular weight excluding hydrogens is 258 g/mol. The van der Waals surface area contributed by atoms with Crippen molar-refractivity contribution in [3.8, 4) is 5.75 Å². The van der Waals surface area contributed by atoms with Crippen LogP contribution >= 0.6 is 0 Å². The molecule has 0 radical (unpaired) electrons. The molecule has 0 bridgehead atoms. The lowest BCUT2D eigenvalue weighted by Crippen LogP contribution is -2.35. The van der Waals surface area contributed by atoms with E-state index < -0.39 is 0 Å². The van der Waals surface area contributed by atoms with Crippen LogP contribution in [0.1, 0.15) is 18.4 Å². The van der Waals surface area contributed by atoms with Crippen molar-refractivity contribution >= 4 is 5.69 Å². The van der Waals surface area contributed by atoms with Crippen LogP contribution in [0.4, 0.5) is 5.69 Å². The number of ether oxygens (including phenoxy) is 1. The fourth-order valence-electron chi connectivity index (χ4n) is 2.65. The highest BCUT2D eigenvalue weighted by Crippen LogP contribution is 2.25. The van der Waals surface area contributed by atoms with Gasteiger partial charge in [-0.1, -0.05) is 0 Å². The minimum Gasteiger partial charge on any atom is -0.496 e. The van der Waals surface area contributed by atoms with Gasteiger partial charge in [0, 0.05) is 36.8 Å². The first-order valence-electron chi connectivity index (χ1n) is 6.83. The summed E-state index contributed by atoms with van der Waals surface area (Å²) in [5.74, 6) is 0.696. The zero-order chi connectivity index (χ0) is 14.5. The number of methoxy groups -OCH3 is 1. The number of non-ortho nitro benzene ring substituents is 1. The molecule has 0 saturated carbocycles. The van der Waals surface area contributed by atoms with Crippen LogP contribution in [0.3, 0.4) is 0 Å². The van der Waals surface area contributed by atoms with Gasteiger partial charge >= 0.3 is 0 Å². The molecule has 1 fully saturated rings. The molecule has 1 aromatic rings. The number of hydrogen-bond acceptors (Lipinski definition) is 5. The van der Waals surface area contributed by atoms with Gasteiger partial charge in [0.05, 0.1) is 12.0 Å². The first-order chi connectivity index (χ1) is 9.60. The maximum absolute atomic E-state index is 10.9. The Bertz CT molecular complexity index is 473. The molecule has 6 heteroatoms. The van der Waals surface area contributed by atoms with Gasteiger partial charge in [-0.2, -0.15) is 0 Å². The largest absolute Gasteiger partial charge is 0.496 e. The standard InChI is InChI=1S/C14H21N3O3/c1-16(10-12-4-3-7-15-12)9-11-8-13(17(18)19)5-6-14(11)20-2/h5-6,8,12,15H,3-4,7,9-10H2,1-2H3. The van der Waals surface area contributed by atoms with Crippen molar-refractivity contribution in [3.63, 3.8) is 0 Å². The molecule has 1 aromatic carbocycles. The average molecular weight is 279 g/mol. The van der Waals surface area contributed by atoms with Crippen molar-refractivity contribution in [2.75, 3.05) is 27.2 Å². The third-order valence-electron chi connectivity index (χ3n) is 3.61. The van der Waals surface area contributed by atoms with Crippen LogP contribution in [-0.4, -0.2) is 43.1 Å². The van der Waals surface area contributed by atoms with Crippen molar-refractivity contribution < 1.29 is 9.66 Å². The Morgan fingerprint density at radius 1 is 1.55 bits per heavy atom. The molecule has 0 spiro atoms. The molecule has 110 valence electrons. The van der Waals surface area contributed by atoms with Crippen LogP contribution in [0.2, 0.25) is 0 Å². The number of likely N-dealkylation sites (N-methyl/N-ethyl adjacent to an activating group) is 1. The number of nitro benzene ring substituents is 1. The number of nitro groups is 1. The molecule has 1 aliphatic rings. The predicted octanol–water partition coefficient (Wildman–Crippen LogP) is 1.79. The normalized spacial score (nSPS) is 18.4. The van der Waals surface area contributed by atoms with Gasteiger partial charge in [-0.05, 0) is 32.5 Å². The summed E-state index contributed by atoms with van der Waals surface area (Å²) in [6, 6.07) is 5.25. The number of benzene rings is 1. The zero-order valence-electron chi connectivity index (χ0n) is 12.0. The van der Waals surface area contributed by atoms with E-state index in [1.807, 2.05) is 7.05 Å². The van der Waals surface area contributed by atoms with Crippen LogP contribution in [-0.2, 0) is 6.54 Å². The van der Waals surface area contributed by atoms with E-state index in [0.29, 0.717) is 18.3 Å². The van der Waals surface area contributed by atoms with Crippen molar-refractivity contribution in [3.05, 3.63) is 33.9 Å². The van der Waals surface area contributed by atoms with Gasteiger partial charge in [0.1, 0.15) is 5.75 Å². The highest BCUT2D eigenvalue weighted by molar-refractivity contribution is 5.43. The predicted molar refractivity (Wildman–Crippen MR) is 77.0 cm³/mol. The van der Waals surface area contributed by atoms with Gasteiger partial charge in [-0.3, -0.25) is 10.1 Å². The summed E-state index contributed by atoms with van der Waals surface area (Å²) < 4.78 is 5.29. The summed E-state index contributed by atoms with van der Waals surface area (Å²) in [6.45, 7) is 2.66. The molecule has 1 unspecified atom stereocenters. The molecule has 1 saturated heterocycles. The SMILES string of the molecule is COc1ccc([N+](=O)[O-])cc1CN(C)CC1CCCN1. The fourth-order valence-corrected chi connectivity index (χ4v) is 2.65. The summed E-state index contributed by atoms with van der Waals surface area (Å²) >= 11 is 0. The van der Waals surface area contributed by atoms with Crippen molar-refractivity contribution in [2.45, 2.75) is 25.4 Å². The second kappa shape index (κ2) is 6.67. The molecule has 0 amide bonds. The number of hydrogen-bond donors (Lipinski definition) is 1. The zero-order valence-corrected chi connectivity index (χ0v) is 12.0. The molecule has 6 nitrogen and oxygen atoms in total. The third kappa shape index (κ3) is 3.68. The molecule has 2 rings (SSSR count). The van der Waals surface area contributed by atoms with E-state index in [4.69, 9.17) is 4.74 Å². The highest BCUT2D eigenvalue weighted by Gasteiger charge is 2.18. The Morgan fingerprint density at radius 3 is 2.95 bits per heavy atom. The summed E-state index contributed by atoms with van der Waals surface area (Å²) in [5.41, 5.74) is 0.954. The van der Waals surface area contributed by atoms with Gasteiger partial charge in [0.25, 0.3) is 5.69 Å². The second-order valence-corrected chi connectivity index (χ2v) is 5.24. The van der Waals surface area contributed by atoms with Crippen LogP contribution in [0.25, 0.3) is 0 Å². The number of rotatable bonds is 6. The monoisotopic (exact) mass is 279 g/mol. The lowest BCUT2D eigenvalue weighted by molar-refractivity contribution is -0.384. The first-order valence-corrected chi connectivity index (χ1v) is 6.83. The Labute approximate surface area is 118 Å². The van der Waals surface area contributed by atoms with E-state index in [1.54, 1.807) is 19.2 Å². The minimum absolute atomic E-state index is 0.105. The third-order valence-corrected chi connectivity index (χ3v) is 3.61. The molecule has 1 atom stereocenters. The summed E-state index contributed by atoms with van der Waals surface area (Å²) in [7, 11) is 3.61. The van der Waals surface area contributed by atoms with E-state index >= 15 is 0 Å². The van der Waals surface area contributed by atoms with Gasteiger partial charge < -0.3 is 15.0 Å². The van der Waals surface area contributed by atoms with Gasteiger partial charge in [-0.25, -0.2) is 0 Å². The quantitative estimate of drug-likeness (QED) is 0.635. The highest BCUT2D eigenvalue weighted by atomic mass is 16.6. The van der Waals surface area contributed by atoms with Crippen molar-refractivity contribution in [1.82, 2.24) is 10.2 Å². The first kappa shape index (κ1) is 14.7. The lowest BCUT2D eigenvalue weighted by atomic mass is 10.1. The summed E-state index contributed by atoms with van der Waals surface area (Å²) in [4.78, 5) is 12.7. The minimum atomic E-state index is -0.374. The fraction of sp³-hybridized carbons (Fsp3) is 0.571. The molecule has 0 aromatic heterocycles. The molecule has 1 aliphatic heterocycles. The Hall–Kier alpha value is -1.66. The second-order valence-electron chi connectivity index (χ2n) is 5.24. The van der Waals surface area contributed by atoms with E-state index in [2.05, 4.69) is 10.2 Å². The van der Waals surface area contributed by atoms with Gasteiger partial charge in [0.15, 0.2) is 0 Å². The van der Waals surface area contributed by atoms with Gasteiger partial charge in [-0.15, -0.1) is 0 Å². The van der Waals surface area contributed by atoms with E-state index in [1.165, 1.54) is 18.9 Å². The lowest BCUT2D eigenvalue weighted by Gasteiger charge is -2.22. The average Bonchev–Trinajstić information content (AvgIpc) is 2.91. The Morgan fingerprint density at radius 2 is 2.35 bits per heavy atom. The molecule has 0 aliphatic carbocycles. The van der Waals surface area contributed by atoms with Gasteiger partial charge in [0.2, 0.25) is 0 Å². The van der Waals surface area contributed by atoms with E-state index in [-0.39, 0.29) is 10.6 Å². The molecular formula is C14H21N3O3. The smallest absolute Gasteiger partial charge is 0.270 e. The summed E-state index contributed by atoms with van der Waals surface area (Å²) in [5, 5.41) is 14.3. The van der Waals surface area contributed by atoms with Crippen molar-refractivity contribution in [1.29, 1.82) is 0 Å². The molecule has 20 heavy (non-hydrogen) atoms. The van der Waals surface area contributed by atoms with Crippen LogP contribution < -0.4 is 10.1 Å². The topological polar surface area (TPSA) is 67.6 Å².